The van der Waals surface area contributed by atoms with Gasteiger partial charge in [-0.2, -0.15) is 0 Å². The van der Waals surface area contributed by atoms with Crippen molar-refractivity contribution in [2.75, 3.05) is 19.8 Å². The third-order valence-corrected chi connectivity index (χ3v) is 3.10. The van der Waals surface area contributed by atoms with E-state index in [0.29, 0.717) is 5.92 Å². The standard InChI is InChI=1S/C11H23NO2/c1-4-12-11(8-13)5-6-14-10(7-11)9(2)3/h9-10,12-13H,4-8H2,1-3H3. The zero-order chi connectivity index (χ0) is 10.6. The Hall–Kier alpha value is -0.120. The molecule has 0 aromatic carbocycles. The van der Waals surface area contributed by atoms with Crippen molar-refractivity contribution in [1.82, 2.24) is 5.32 Å². The molecule has 0 amide bonds. The SMILES string of the molecule is CCNC1(CO)CCOC(C(C)C)C1. The highest BCUT2D eigenvalue weighted by atomic mass is 16.5. The van der Waals surface area contributed by atoms with Crippen LogP contribution in [0.5, 0.6) is 0 Å². The minimum absolute atomic E-state index is 0.0953. The van der Waals surface area contributed by atoms with Crippen LogP contribution in [0, 0.1) is 5.92 Å². The first-order chi connectivity index (χ1) is 6.63. The molecule has 1 rings (SSSR count). The van der Waals surface area contributed by atoms with Crippen molar-refractivity contribution < 1.29 is 9.84 Å². The second-order valence-electron chi connectivity index (χ2n) is 4.58. The number of ether oxygens (including phenoxy) is 1. The quantitative estimate of drug-likeness (QED) is 0.717. The Kier molecular flexibility index (Phi) is 4.35. The van der Waals surface area contributed by atoms with Crippen molar-refractivity contribution in [3.63, 3.8) is 0 Å². The van der Waals surface area contributed by atoms with Crippen molar-refractivity contribution in [3.05, 3.63) is 0 Å². The highest BCUT2D eigenvalue weighted by molar-refractivity contribution is 4.93. The number of aliphatic hydroxyl groups is 1. The molecule has 0 aliphatic carbocycles. The van der Waals surface area contributed by atoms with E-state index in [1.165, 1.54) is 0 Å². The first kappa shape index (κ1) is 12.0. The van der Waals surface area contributed by atoms with Crippen LogP contribution in [-0.4, -0.2) is 36.5 Å². The van der Waals surface area contributed by atoms with Gasteiger partial charge in [0, 0.05) is 12.1 Å². The van der Waals surface area contributed by atoms with E-state index in [2.05, 4.69) is 26.1 Å². The second-order valence-corrected chi connectivity index (χ2v) is 4.58. The smallest absolute Gasteiger partial charge is 0.0616 e. The molecule has 2 atom stereocenters. The molecule has 0 radical (unpaired) electrons. The van der Waals surface area contributed by atoms with Crippen LogP contribution >= 0.6 is 0 Å². The molecule has 1 aliphatic rings. The summed E-state index contributed by atoms with van der Waals surface area (Å²) in [6, 6.07) is 0. The molecule has 0 spiro atoms. The molecule has 1 fully saturated rings. The summed E-state index contributed by atoms with van der Waals surface area (Å²) in [5.41, 5.74) is -0.0953. The van der Waals surface area contributed by atoms with Gasteiger partial charge in [0.15, 0.2) is 0 Å². The van der Waals surface area contributed by atoms with Crippen LogP contribution in [0.25, 0.3) is 0 Å². The van der Waals surface area contributed by atoms with Crippen LogP contribution in [0.4, 0.5) is 0 Å². The van der Waals surface area contributed by atoms with Crippen molar-refractivity contribution in [2.45, 2.75) is 45.3 Å². The summed E-state index contributed by atoms with van der Waals surface area (Å²) in [5.74, 6) is 0.528. The molecule has 2 N–H and O–H groups in total. The van der Waals surface area contributed by atoms with Crippen LogP contribution in [0.3, 0.4) is 0 Å². The lowest BCUT2D eigenvalue weighted by atomic mass is 9.84. The molecule has 0 bridgehead atoms. The lowest BCUT2D eigenvalue weighted by Crippen LogP contribution is -2.55. The summed E-state index contributed by atoms with van der Waals surface area (Å²) in [7, 11) is 0. The Morgan fingerprint density at radius 3 is 2.79 bits per heavy atom. The summed E-state index contributed by atoms with van der Waals surface area (Å²) in [6.45, 7) is 8.31. The average molecular weight is 201 g/mol. The van der Waals surface area contributed by atoms with E-state index in [4.69, 9.17) is 4.74 Å². The van der Waals surface area contributed by atoms with Gasteiger partial charge in [0.1, 0.15) is 0 Å². The van der Waals surface area contributed by atoms with E-state index in [9.17, 15) is 5.11 Å². The third kappa shape index (κ3) is 2.69. The molecule has 1 aliphatic heterocycles. The van der Waals surface area contributed by atoms with Crippen LogP contribution in [-0.2, 0) is 4.74 Å². The largest absolute Gasteiger partial charge is 0.394 e. The highest BCUT2D eigenvalue weighted by Gasteiger charge is 2.36. The molecule has 1 heterocycles. The van der Waals surface area contributed by atoms with Gasteiger partial charge in [-0.1, -0.05) is 20.8 Å². The maximum absolute atomic E-state index is 9.45. The molecule has 2 unspecified atom stereocenters. The molecule has 1 saturated heterocycles. The summed E-state index contributed by atoms with van der Waals surface area (Å²) in [4.78, 5) is 0. The molecule has 0 aromatic rings. The fraction of sp³-hybridized carbons (Fsp3) is 1.00. The van der Waals surface area contributed by atoms with E-state index in [1.54, 1.807) is 0 Å². The van der Waals surface area contributed by atoms with Crippen LogP contribution < -0.4 is 5.32 Å². The molecule has 84 valence electrons. The van der Waals surface area contributed by atoms with E-state index in [1.807, 2.05) is 0 Å². The maximum Gasteiger partial charge on any atom is 0.0616 e. The summed E-state index contributed by atoms with van der Waals surface area (Å²) in [6.07, 6.45) is 2.13. The van der Waals surface area contributed by atoms with Crippen LogP contribution in [0.1, 0.15) is 33.6 Å². The van der Waals surface area contributed by atoms with Gasteiger partial charge in [0.25, 0.3) is 0 Å². The van der Waals surface area contributed by atoms with E-state index >= 15 is 0 Å². The summed E-state index contributed by atoms with van der Waals surface area (Å²) < 4.78 is 5.69. The number of hydrogen-bond acceptors (Lipinski definition) is 3. The van der Waals surface area contributed by atoms with Gasteiger partial charge < -0.3 is 15.2 Å². The molecule has 0 aromatic heterocycles. The first-order valence-electron chi connectivity index (χ1n) is 5.61. The van der Waals surface area contributed by atoms with Crippen LogP contribution in [0.15, 0.2) is 0 Å². The fourth-order valence-corrected chi connectivity index (χ4v) is 2.11. The lowest BCUT2D eigenvalue weighted by Gasteiger charge is -2.41. The van der Waals surface area contributed by atoms with Gasteiger partial charge in [0.05, 0.1) is 12.7 Å². The minimum atomic E-state index is -0.0953. The maximum atomic E-state index is 9.45. The molecular weight excluding hydrogens is 178 g/mol. The lowest BCUT2D eigenvalue weighted by molar-refractivity contribution is -0.0639. The van der Waals surface area contributed by atoms with Crippen molar-refractivity contribution >= 4 is 0 Å². The van der Waals surface area contributed by atoms with Crippen molar-refractivity contribution in [1.29, 1.82) is 0 Å². The zero-order valence-corrected chi connectivity index (χ0v) is 9.55. The Labute approximate surface area is 86.8 Å². The van der Waals surface area contributed by atoms with E-state index < -0.39 is 0 Å². The van der Waals surface area contributed by atoms with Crippen LogP contribution in [0.2, 0.25) is 0 Å². The minimum Gasteiger partial charge on any atom is -0.394 e. The Morgan fingerprint density at radius 2 is 2.29 bits per heavy atom. The molecule has 14 heavy (non-hydrogen) atoms. The predicted molar refractivity (Wildman–Crippen MR) is 57.3 cm³/mol. The van der Waals surface area contributed by atoms with Crippen molar-refractivity contribution in [2.24, 2.45) is 5.92 Å². The number of aliphatic hydroxyl groups excluding tert-OH is 1. The normalized spacial score (nSPS) is 33.6. The predicted octanol–water partition coefficient (Wildman–Crippen LogP) is 1.16. The summed E-state index contributed by atoms with van der Waals surface area (Å²) in [5, 5.41) is 12.9. The van der Waals surface area contributed by atoms with Gasteiger partial charge in [-0.3, -0.25) is 0 Å². The van der Waals surface area contributed by atoms with E-state index in [-0.39, 0.29) is 18.2 Å². The van der Waals surface area contributed by atoms with E-state index in [0.717, 1.165) is 26.0 Å². The van der Waals surface area contributed by atoms with Gasteiger partial charge in [0.2, 0.25) is 0 Å². The molecule has 0 saturated carbocycles. The topological polar surface area (TPSA) is 41.5 Å². The van der Waals surface area contributed by atoms with Gasteiger partial charge in [-0.15, -0.1) is 0 Å². The Bertz CT molecular complexity index is 169. The number of hydrogen-bond donors (Lipinski definition) is 2. The Morgan fingerprint density at radius 1 is 1.57 bits per heavy atom. The van der Waals surface area contributed by atoms with Crippen molar-refractivity contribution in [3.8, 4) is 0 Å². The van der Waals surface area contributed by atoms with Gasteiger partial charge >= 0.3 is 0 Å². The average Bonchev–Trinajstić information content (AvgIpc) is 2.18. The number of rotatable bonds is 4. The second kappa shape index (κ2) is 5.10. The number of nitrogens with one attached hydrogen (secondary N) is 1. The molecule has 3 nitrogen and oxygen atoms in total. The zero-order valence-electron chi connectivity index (χ0n) is 9.55. The first-order valence-corrected chi connectivity index (χ1v) is 5.61. The molecular formula is C11H23NO2. The highest BCUT2D eigenvalue weighted by Crippen LogP contribution is 2.28. The molecule has 3 heteroatoms. The fourth-order valence-electron chi connectivity index (χ4n) is 2.11. The number of likely N-dealkylation sites (N-methyl/N-ethyl adjacent to an activating group) is 1. The summed E-state index contributed by atoms with van der Waals surface area (Å²) >= 11 is 0. The van der Waals surface area contributed by atoms with Gasteiger partial charge in [-0.05, 0) is 25.3 Å². The Balaban J connectivity index is 2.59. The van der Waals surface area contributed by atoms with Gasteiger partial charge in [-0.25, -0.2) is 0 Å². The monoisotopic (exact) mass is 201 g/mol. The third-order valence-electron chi connectivity index (χ3n) is 3.10.